The molecule has 0 aliphatic carbocycles. The van der Waals surface area contributed by atoms with E-state index in [1.165, 1.54) is 13.8 Å². The Labute approximate surface area is 236 Å². The van der Waals surface area contributed by atoms with Gasteiger partial charge in [0, 0.05) is 32.2 Å². The van der Waals surface area contributed by atoms with Gasteiger partial charge in [0.05, 0.1) is 13.2 Å². The van der Waals surface area contributed by atoms with Crippen LogP contribution in [0.5, 0.6) is 5.75 Å². The van der Waals surface area contributed by atoms with Crippen LogP contribution in [0.1, 0.15) is 50.0 Å². The maximum atomic E-state index is 13.1. The lowest BCUT2D eigenvalue weighted by Gasteiger charge is -2.39. The molecule has 2 aliphatic rings. The third-order valence-electron chi connectivity index (χ3n) is 6.45. The summed E-state index contributed by atoms with van der Waals surface area (Å²) in [6.45, 7) is 4.40. The molecule has 4 rings (SSSR count). The summed E-state index contributed by atoms with van der Waals surface area (Å²) in [5, 5.41) is 0.496. The normalized spacial score (nSPS) is 24.3. The van der Waals surface area contributed by atoms with Crippen LogP contribution in [0.2, 0.25) is 5.02 Å². The van der Waals surface area contributed by atoms with Crippen LogP contribution in [0.3, 0.4) is 0 Å². The molecule has 0 spiro atoms. The van der Waals surface area contributed by atoms with Crippen LogP contribution >= 0.6 is 11.6 Å². The number of ketones is 1. The highest BCUT2D eigenvalue weighted by Gasteiger charge is 2.50. The van der Waals surface area contributed by atoms with Gasteiger partial charge in [-0.25, -0.2) is 0 Å². The van der Waals surface area contributed by atoms with Crippen molar-refractivity contribution in [3.05, 3.63) is 64.2 Å². The number of ether oxygens (including phenoxy) is 6. The molecule has 0 N–H and O–H groups in total. The summed E-state index contributed by atoms with van der Waals surface area (Å²) >= 11 is 6.54. The van der Waals surface area contributed by atoms with E-state index in [9.17, 15) is 19.2 Å². The van der Waals surface area contributed by atoms with Crippen LogP contribution in [0, 0.1) is 0 Å². The van der Waals surface area contributed by atoms with Crippen LogP contribution in [-0.4, -0.2) is 67.9 Å². The second-order valence-electron chi connectivity index (χ2n) is 9.63. The molecule has 0 bridgehead atoms. The van der Waals surface area contributed by atoms with E-state index in [1.807, 2.05) is 24.3 Å². The Kier molecular flexibility index (Phi) is 9.78. The average molecular weight is 575 g/mol. The topological polar surface area (TPSA) is 124 Å². The summed E-state index contributed by atoms with van der Waals surface area (Å²) in [4.78, 5) is 48.4. The minimum atomic E-state index is -1.46. The lowest BCUT2D eigenvalue weighted by Crippen LogP contribution is -2.55. The van der Waals surface area contributed by atoms with Gasteiger partial charge in [-0.3, -0.25) is 19.2 Å². The maximum Gasteiger partial charge on any atom is 0.303 e. The zero-order valence-electron chi connectivity index (χ0n) is 22.4. The highest BCUT2D eigenvalue weighted by atomic mass is 35.5. The van der Waals surface area contributed by atoms with E-state index < -0.39 is 54.7 Å². The smallest absolute Gasteiger partial charge is 0.303 e. The number of rotatable bonds is 9. The van der Waals surface area contributed by atoms with Crippen LogP contribution in [-0.2, 0) is 49.3 Å². The predicted molar refractivity (Wildman–Crippen MR) is 141 cm³/mol. The largest absolute Gasteiger partial charge is 0.488 e. The number of halogens is 1. The fraction of sp³-hybridized carbons (Fsp3) is 0.448. The minimum absolute atomic E-state index is 0.0463. The number of hydrogen-bond acceptors (Lipinski definition) is 10. The highest BCUT2D eigenvalue weighted by molar-refractivity contribution is 6.31. The maximum absolute atomic E-state index is 13.1. The van der Waals surface area contributed by atoms with Crippen molar-refractivity contribution in [2.75, 3.05) is 19.8 Å². The number of esters is 3. The zero-order valence-corrected chi connectivity index (χ0v) is 23.2. The first kappa shape index (κ1) is 29.5. The number of hydrogen-bond donors (Lipinski definition) is 0. The molecule has 2 fully saturated rings. The number of carbonyl (C=O) groups excluding carboxylic acids is 4. The number of benzene rings is 2. The summed E-state index contributed by atoms with van der Waals surface area (Å²) in [6.07, 6.45) is -3.63. The Hall–Kier alpha value is -3.47. The van der Waals surface area contributed by atoms with Gasteiger partial charge in [0.15, 0.2) is 12.2 Å². The summed E-state index contributed by atoms with van der Waals surface area (Å²) < 4.78 is 33.0. The summed E-state index contributed by atoms with van der Waals surface area (Å²) in [5.41, 5.74) is 2.25. The monoisotopic (exact) mass is 574 g/mol. The molecule has 2 aromatic carbocycles. The average Bonchev–Trinajstić information content (AvgIpc) is 3.41. The molecule has 5 atom stereocenters. The Morgan fingerprint density at radius 2 is 1.70 bits per heavy atom. The van der Waals surface area contributed by atoms with Gasteiger partial charge < -0.3 is 28.4 Å². The quantitative estimate of drug-likeness (QED) is 0.324. The van der Waals surface area contributed by atoms with Crippen LogP contribution in [0.25, 0.3) is 0 Å². The van der Waals surface area contributed by atoms with Gasteiger partial charge in [-0.2, -0.15) is 0 Å². The Balaban J connectivity index is 1.60. The van der Waals surface area contributed by atoms with Crippen molar-refractivity contribution in [3.8, 4) is 5.75 Å². The van der Waals surface area contributed by atoms with E-state index in [4.69, 9.17) is 40.0 Å². The molecule has 2 aliphatic heterocycles. The summed E-state index contributed by atoms with van der Waals surface area (Å²) in [6, 6.07) is 12.8. The zero-order chi connectivity index (χ0) is 28.8. The van der Waals surface area contributed by atoms with E-state index in [2.05, 4.69) is 0 Å². The van der Waals surface area contributed by atoms with E-state index in [0.717, 1.165) is 30.2 Å². The van der Waals surface area contributed by atoms with E-state index >= 15 is 0 Å². The van der Waals surface area contributed by atoms with Crippen molar-refractivity contribution < 1.29 is 47.6 Å². The molecule has 0 saturated carbocycles. The number of carbonyl (C=O) groups is 4. The van der Waals surface area contributed by atoms with Gasteiger partial charge in [0.25, 0.3) is 0 Å². The van der Waals surface area contributed by atoms with Gasteiger partial charge in [0.1, 0.15) is 24.6 Å². The van der Waals surface area contributed by atoms with Crippen molar-refractivity contribution in [1.82, 2.24) is 0 Å². The molecular formula is C29H31ClO10. The standard InChI is InChI=1S/C29H31ClO10/c1-16(31)36-15-25-26(34)28(37-17(2)32)29(38-18(3)33)27(40-25)20-6-9-24(30)21(13-20)12-19-4-7-22(8-5-19)39-23-10-11-35-14-23/h4-9,13,23,25,27-29H,10-12,14-15H2,1-3H3/t23-,25+,27-,28-,29+/m0/s1. The molecule has 0 radical (unpaired) electrons. The van der Waals surface area contributed by atoms with Crippen LogP contribution in [0.4, 0.5) is 0 Å². The van der Waals surface area contributed by atoms with Crippen molar-refractivity contribution in [2.45, 2.75) is 64.1 Å². The van der Waals surface area contributed by atoms with Crippen LogP contribution in [0.15, 0.2) is 42.5 Å². The molecule has 10 nitrogen and oxygen atoms in total. The molecule has 2 saturated heterocycles. The molecule has 2 heterocycles. The van der Waals surface area contributed by atoms with Gasteiger partial charge in [-0.05, 0) is 41.3 Å². The molecule has 40 heavy (non-hydrogen) atoms. The first-order chi connectivity index (χ1) is 19.1. The van der Waals surface area contributed by atoms with Crippen molar-refractivity contribution in [1.29, 1.82) is 0 Å². The van der Waals surface area contributed by atoms with E-state index in [1.54, 1.807) is 18.2 Å². The summed E-state index contributed by atoms with van der Waals surface area (Å²) in [5.74, 6) is -1.98. The first-order valence-electron chi connectivity index (χ1n) is 12.9. The summed E-state index contributed by atoms with van der Waals surface area (Å²) in [7, 11) is 0. The molecule has 2 aromatic rings. The van der Waals surface area contributed by atoms with Gasteiger partial charge in [-0.1, -0.05) is 35.9 Å². The minimum Gasteiger partial charge on any atom is -0.488 e. The second kappa shape index (κ2) is 13.3. The van der Waals surface area contributed by atoms with E-state index in [-0.39, 0.29) is 6.10 Å². The van der Waals surface area contributed by atoms with Crippen molar-refractivity contribution in [2.24, 2.45) is 0 Å². The molecule has 214 valence electrons. The Morgan fingerprint density at radius 1 is 0.975 bits per heavy atom. The first-order valence-corrected chi connectivity index (χ1v) is 13.3. The molecule has 11 heteroatoms. The van der Waals surface area contributed by atoms with Gasteiger partial charge in [-0.15, -0.1) is 0 Å². The predicted octanol–water partition coefficient (Wildman–Crippen LogP) is 3.53. The second-order valence-corrected chi connectivity index (χ2v) is 10.0. The van der Waals surface area contributed by atoms with Gasteiger partial charge >= 0.3 is 17.9 Å². The fourth-order valence-corrected chi connectivity index (χ4v) is 4.82. The third kappa shape index (κ3) is 7.59. The molecular weight excluding hydrogens is 544 g/mol. The SMILES string of the molecule is CC(=O)OC[C@H]1O[C@@H](c2ccc(Cl)c(Cc3ccc(O[C@H]4CCOC4)cc3)c2)[C@@H](OC(C)=O)[C@@H](OC(C)=O)C1=O. The Bertz CT molecular complexity index is 1240. The number of Topliss-reactive ketones (excluding diaryl/α,β-unsaturated/α-hetero) is 1. The molecule has 0 amide bonds. The van der Waals surface area contributed by atoms with Crippen molar-refractivity contribution >= 4 is 35.3 Å². The molecule has 0 unspecified atom stereocenters. The van der Waals surface area contributed by atoms with E-state index in [0.29, 0.717) is 30.2 Å². The Morgan fingerprint density at radius 3 is 2.33 bits per heavy atom. The third-order valence-corrected chi connectivity index (χ3v) is 6.81. The van der Waals surface area contributed by atoms with Crippen LogP contribution < -0.4 is 4.74 Å². The highest BCUT2D eigenvalue weighted by Crippen LogP contribution is 2.36. The fourth-order valence-electron chi connectivity index (χ4n) is 4.64. The van der Waals surface area contributed by atoms with Crippen molar-refractivity contribution in [3.63, 3.8) is 0 Å². The molecule has 0 aromatic heterocycles. The lowest BCUT2D eigenvalue weighted by molar-refractivity contribution is -0.210. The lowest BCUT2D eigenvalue weighted by atomic mass is 9.90. The van der Waals surface area contributed by atoms with Gasteiger partial charge in [0.2, 0.25) is 11.9 Å².